The highest BCUT2D eigenvalue weighted by atomic mass is 32.2. The van der Waals surface area contributed by atoms with Gasteiger partial charge < -0.3 is 0 Å². The number of anilines is 1. The number of nitrogens with zero attached hydrogens (tertiary/aromatic N) is 1. The number of hydrogen-bond donors (Lipinski definition) is 1. The van der Waals surface area contributed by atoms with Gasteiger partial charge in [-0.05, 0) is 30.9 Å². The molecule has 0 unspecified atom stereocenters. The van der Waals surface area contributed by atoms with Gasteiger partial charge in [0.1, 0.15) is 0 Å². The number of para-hydroxylation sites is 1. The van der Waals surface area contributed by atoms with Crippen LogP contribution in [0.25, 0.3) is 0 Å². The second-order valence-electron chi connectivity index (χ2n) is 4.64. The molecule has 0 fully saturated rings. The van der Waals surface area contributed by atoms with Gasteiger partial charge >= 0.3 is 10.3 Å². The van der Waals surface area contributed by atoms with E-state index < -0.39 is 10.3 Å². The van der Waals surface area contributed by atoms with Crippen LogP contribution in [0.2, 0.25) is 0 Å². The molecule has 4 nitrogen and oxygen atoms in total. The average Bonchev–Trinajstić information content (AvgIpc) is 2.36. The molecule has 108 valence electrons. The van der Waals surface area contributed by atoms with E-state index in [1.165, 1.54) is 0 Å². The molecule has 0 aliphatic heterocycles. The van der Waals surface area contributed by atoms with Crippen molar-refractivity contribution in [2.75, 3.05) is 10.8 Å². The van der Waals surface area contributed by atoms with Gasteiger partial charge in [-0.1, -0.05) is 44.9 Å². The summed E-state index contributed by atoms with van der Waals surface area (Å²) in [5.74, 6) is 0. The van der Waals surface area contributed by atoms with Gasteiger partial charge in [-0.15, -0.1) is 0 Å². The fourth-order valence-corrected chi connectivity index (χ4v) is 2.78. The van der Waals surface area contributed by atoms with E-state index in [9.17, 15) is 13.0 Å². The Morgan fingerprint density at radius 3 is 2.32 bits per heavy atom. The molecule has 19 heavy (non-hydrogen) atoms. The van der Waals surface area contributed by atoms with Gasteiger partial charge in [0.25, 0.3) is 0 Å². The maximum absolute atomic E-state index is 11.5. The lowest BCUT2D eigenvalue weighted by atomic mass is 10.1. The van der Waals surface area contributed by atoms with Crippen LogP contribution in [0.5, 0.6) is 0 Å². The molecule has 1 N–H and O–H groups in total. The summed E-state index contributed by atoms with van der Waals surface area (Å²) < 4.78 is 33.6. The third-order valence-corrected chi connectivity index (χ3v) is 3.99. The van der Waals surface area contributed by atoms with E-state index in [4.69, 9.17) is 0 Å². The zero-order chi connectivity index (χ0) is 14.3. The molecule has 0 atom stereocenters. The third kappa shape index (κ3) is 4.84. The first-order chi connectivity index (χ1) is 9.00. The quantitative estimate of drug-likeness (QED) is 0.744. The van der Waals surface area contributed by atoms with E-state index >= 15 is 0 Å². The van der Waals surface area contributed by atoms with Crippen molar-refractivity contribution in [2.45, 2.75) is 46.0 Å². The van der Waals surface area contributed by atoms with Crippen molar-refractivity contribution in [3.8, 4) is 0 Å². The van der Waals surface area contributed by atoms with E-state index in [1.54, 1.807) is 12.1 Å². The van der Waals surface area contributed by atoms with E-state index in [-0.39, 0.29) is 0 Å². The molecular weight excluding hydrogens is 262 g/mol. The molecule has 0 spiro atoms. The fraction of sp³-hybridized carbons (Fsp3) is 0.571. The van der Waals surface area contributed by atoms with Crippen LogP contribution in [0.15, 0.2) is 24.3 Å². The summed E-state index contributed by atoms with van der Waals surface area (Å²) in [4.78, 5) is 0. The summed E-state index contributed by atoms with van der Waals surface area (Å²) in [5, 5.41) is 0. The lowest BCUT2D eigenvalue weighted by Gasteiger charge is -2.23. The Hall–Kier alpha value is -1.07. The Kier molecular flexibility index (Phi) is 6.31. The van der Waals surface area contributed by atoms with Gasteiger partial charge in [-0.3, -0.25) is 4.55 Å². The van der Waals surface area contributed by atoms with Crippen molar-refractivity contribution in [2.24, 2.45) is 0 Å². The minimum absolute atomic E-state index is 0.318. The number of benzene rings is 1. The number of unbranched alkanes of at least 4 members (excludes halogenated alkanes) is 2. The van der Waals surface area contributed by atoms with Crippen LogP contribution in [-0.2, 0) is 16.7 Å². The molecule has 0 aliphatic carbocycles. The summed E-state index contributed by atoms with van der Waals surface area (Å²) in [6.07, 6.45) is 4.48. The van der Waals surface area contributed by atoms with Gasteiger partial charge in [0.15, 0.2) is 0 Å². The van der Waals surface area contributed by atoms with Gasteiger partial charge in [0.05, 0.1) is 5.69 Å². The van der Waals surface area contributed by atoms with Gasteiger partial charge in [0.2, 0.25) is 0 Å². The first-order valence-electron chi connectivity index (χ1n) is 6.83. The van der Waals surface area contributed by atoms with Crippen molar-refractivity contribution >= 4 is 16.0 Å². The van der Waals surface area contributed by atoms with Crippen molar-refractivity contribution < 1.29 is 13.0 Å². The Labute approximate surface area is 116 Å². The van der Waals surface area contributed by atoms with Crippen molar-refractivity contribution in [1.29, 1.82) is 0 Å². The molecule has 0 bridgehead atoms. The number of aryl methyl sites for hydroxylation is 1. The zero-order valence-corrected chi connectivity index (χ0v) is 12.5. The molecule has 0 radical (unpaired) electrons. The van der Waals surface area contributed by atoms with Crippen LogP contribution in [0, 0.1) is 0 Å². The van der Waals surface area contributed by atoms with Gasteiger partial charge in [0, 0.05) is 6.54 Å². The second-order valence-corrected chi connectivity index (χ2v) is 5.97. The highest BCUT2D eigenvalue weighted by molar-refractivity contribution is 7.87. The van der Waals surface area contributed by atoms with Crippen molar-refractivity contribution in [3.63, 3.8) is 0 Å². The lowest BCUT2D eigenvalue weighted by Crippen LogP contribution is -2.32. The Morgan fingerprint density at radius 2 is 1.74 bits per heavy atom. The molecule has 0 saturated carbocycles. The largest absolute Gasteiger partial charge is 0.359 e. The zero-order valence-electron chi connectivity index (χ0n) is 11.7. The summed E-state index contributed by atoms with van der Waals surface area (Å²) in [6, 6.07) is 7.38. The Bertz CT molecular complexity index is 485. The van der Waals surface area contributed by atoms with E-state index in [2.05, 4.69) is 6.92 Å². The Balaban J connectivity index is 3.07. The second kappa shape index (κ2) is 7.50. The van der Waals surface area contributed by atoms with E-state index in [1.807, 2.05) is 19.1 Å². The number of hydrogen-bond acceptors (Lipinski definition) is 2. The molecule has 1 aromatic rings. The topological polar surface area (TPSA) is 57.6 Å². The van der Waals surface area contributed by atoms with Crippen LogP contribution in [-0.4, -0.2) is 19.5 Å². The maximum atomic E-state index is 11.5. The molecule has 0 saturated heterocycles. The molecule has 0 aromatic heterocycles. The standard InChI is InChI=1S/C14H23NO3S/c1-3-5-9-13-10-7-8-11-14(13)15(12-6-4-2)19(16,17)18/h7-8,10-11H,3-6,9,12H2,1-2H3,(H,16,17,18). The predicted octanol–water partition coefficient (Wildman–Crippen LogP) is 3.44. The third-order valence-electron chi connectivity index (χ3n) is 3.05. The maximum Gasteiger partial charge on any atom is 0.359 e. The first-order valence-corrected chi connectivity index (χ1v) is 8.23. The molecule has 0 heterocycles. The van der Waals surface area contributed by atoms with Crippen LogP contribution < -0.4 is 4.31 Å². The molecule has 5 heteroatoms. The van der Waals surface area contributed by atoms with Crippen molar-refractivity contribution in [1.82, 2.24) is 0 Å². The summed E-state index contributed by atoms with van der Waals surface area (Å²) in [6.45, 7) is 4.41. The highest BCUT2D eigenvalue weighted by Gasteiger charge is 2.21. The molecule has 0 amide bonds. The highest BCUT2D eigenvalue weighted by Crippen LogP contribution is 2.24. The summed E-state index contributed by atoms with van der Waals surface area (Å²) >= 11 is 0. The lowest BCUT2D eigenvalue weighted by molar-refractivity contribution is 0.476. The number of rotatable bonds is 8. The summed E-state index contributed by atoms with van der Waals surface area (Å²) in [7, 11) is -4.20. The van der Waals surface area contributed by atoms with Gasteiger partial charge in [-0.2, -0.15) is 8.42 Å². The normalized spacial score (nSPS) is 11.5. The molecule has 1 aromatic carbocycles. The minimum atomic E-state index is -4.20. The fourth-order valence-electron chi connectivity index (χ4n) is 1.99. The molecule has 1 rings (SSSR count). The first kappa shape index (κ1) is 16.0. The summed E-state index contributed by atoms with van der Waals surface area (Å²) in [5.41, 5.74) is 1.57. The van der Waals surface area contributed by atoms with Crippen LogP contribution in [0.4, 0.5) is 5.69 Å². The minimum Gasteiger partial charge on any atom is -0.269 e. The molecule has 0 aliphatic rings. The van der Waals surface area contributed by atoms with Crippen LogP contribution >= 0.6 is 0 Å². The SMILES string of the molecule is CCCCc1ccccc1N(CCCC)S(=O)(=O)O. The Morgan fingerprint density at radius 1 is 1.11 bits per heavy atom. The average molecular weight is 285 g/mol. The van der Waals surface area contributed by atoms with Gasteiger partial charge in [-0.25, -0.2) is 4.31 Å². The van der Waals surface area contributed by atoms with Crippen LogP contribution in [0.3, 0.4) is 0 Å². The van der Waals surface area contributed by atoms with Crippen molar-refractivity contribution in [3.05, 3.63) is 29.8 Å². The monoisotopic (exact) mass is 285 g/mol. The molecular formula is C14H23NO3S. The van der Waals surface area contributed by atoms with Crippen LogP contribution in [0.1, 0.15) is 45.1 Å². The van der Waals surface area contributed by atoms with E-state index in [0.29, 0.717) is 12.2 Å². The predicted molar refractivity (Wildman–Crippen MR) is 78.9 cm³/mol. The smallest absolute Gasteiger partial charge is 0.269 e. The van der Waals surface area contributed by atoms with E-state index in [0.717, 1.165) is 42.0 Å².